The van der Waals surface area contributed by atoms with Gasteiger partial charge in [0, 0.05) is 35.6 Å². The number of aromatic nitrogens is 1. The topological polar surface area (TPSA) is 59.1 Å². The maximum atomic E-state index is 11.5. The van der Waals surface area contributed by atoms with Gasteiger partial charge in [-0.1, -0.05) is 18.2 Å². The van der Waals surface area contributed by atoms with Crippen LogP contribution in [0.3, 0.4) is 0 Å². The molecule has 3 rings (SSSR count). The summed E-state index contributed by atoms with van der Waals surface area (Å²) in [5.74, 6) is 0. The van der Waals surface area contributed by atoms with Gasteiger partial charge in [0.25, 0.3) is 0 Å². The van der Waals surface area contributed by atoms with Crippen molar-refractivity contribution in [1.82, 2.24) is 4.98 Å². The number of anilines is 1. The predicted octanol–water partition coefficient (Wildman–Crippen LogP) is 3.83. The molecule has 0 amide bonds. The minimum absolute atomic E-state index is 0.321. The van der Waals surface area contributed by atoms with Crippen molar-refractivity contribution < 1.29 is 8.42 Å². The number of thiophene rings is 1. The summed E-state index contributed by atoms with van der Waals surface area (Å²) < 4.78 is 23.0. The van der Waals surface area contributed by atoms with Crippen molar-refractivity contribution in [2.75, 3.05) is 11.6 Å². The Hall–Kier alpha value is -2.18. The molecule has 4 nitrogen and oxygen atoms in total. The van der Waals surface area contributed by atoms with Crippen LogP contribution in [0.2, 0.25) is 0 Å². The Balaban J connectivity index is 1.79. The number of benzene rings is 1. The lowest BCUT2D eigenvalue weighted by Crippen LogP contribution is -1.98. The Morgan fingerprint density at radius 1 is 1.09 bits per heavy atom. The number of nitrogens with one attached hydrogen (secondary N) is 1. The first kappa shape index (κ1) is 15.7. The fourth-order valence-corrected chi connectivity index (χ4v) is 3.47. The molecular formula is C17H16N2O2S2. The van der Waals surface area contributed by atoms with E-state index in [9.17, 15) is 8.42 Å². The molecule has 3 aromatic rings. The summed E-state index contributed by atoms with van der Waals surface area (Å²) in [5.41, 5.74) is 2.81. The van der Waals surface area contributed by atoms with E-state index in [4.69, 9.17) is 0 Å². The van der Waals surface area contributed by atoms with Gasteiger partial charge in [0.15, 0.2) is 9.84 Å². The number of sulfone groups is 1. The fraction of sp³-hybridized carbons (Fsp3) is 0.118. The number of hydrogen-bond donors (Lipinski definition) is 1. The molecule has 0 saturated carbocycles. The highest BCUT2D eigenvalue weighted by molar-refractivity contribution is 7.90. The summed E-state index contributed by atoms with van der Waals surface area (Å²) in [7, 11) is -3.17. The van der Waals surface area contributed by atoms with Crippen molar-refractivity contribution in [1.29, 1.82) is 0 Å². The molecule has 0 aliphatic carbocycles. The molecule has 1 N–H and O–H groups in total. The molecule has 0 spiro atoms. The van der Waals surface area contributed by atoms with Crippen LogP contribution in [-0.4, -0.2) is 19.7 Å². The third-order valence-electron chi connectivity index (χ3n) is 3.40. The average Bonchev–Trinajstić information content (AvgIpc) is 3.06. The summed E-state index contributed by atoms with van der Waals surface area (Å²) in [6, 6.07) is 13.0. The van der Waals surface area contributed by atoms with E-state index in [1.807, 2.05) is 12.1 Å². The highest BCUT2D eigenvalue weighted by Gasteiger charge is 2.07. The van der Waals surface area contributed by atoms with Gasteiger partial charge >= 0.3 is 0 Å². The smallest absolute Gasteiger partial charge is 0.175 e. The van der Waals surface area contributed by atoms with Crippen molar-refractivity contribution in [3.05, 3.63) is 65.1 Å². The molecule has 0 radical (unpaired) electrons. The molecule has 0 atom stereocenters. The first-order valence-electron chi connectivity index (χ1n) is 7.04. The Bertz CT molecular complexity index is 887. The van der Waals surface area contributed by atoms with Crippen molar-refractivity contribution in [3.8, 4) is 11.1 Å². The van der Waals surface area contributed by atoms with Crippen molar-refractivity contribution in [2.45, 2.75) is 11.4 Å². The SMILES string of the molecule is CS(=O)(=O)c1ccc(-c2cncc(NCc3cccs3)c2)cc1. The van der Waals surface area contributed by atoms with Gasteiger partial charge in [0.2, 0.25) is 0 Å². The highest BCUT2D eigenvalue weighted by atomic mass is 32.2. The maximum Gasteiger partial charge on any atom is 0.175 e. The quantitative estimate of drug-likeness (QED) is 0.764. The van der Waals surface area contributed by atoms with E-state index >= 15 is 0 Å². The Morgan fingerprint density at radius 3 is 2.52 bits per heavy atom. The van der Waals surface area contributed by atoms with Gasteiger partial charge in [-0.3, -0.25) is 4.98 Å². The standard InChI is InChI=1S/C17H16N2O2S2/c1-23(20,21)17-6-4-13(5-7-17)14-9-15(11-18-10-14)19-12-16-3-2-8-22-16/h2-11,19H,12H2,1H3. The molecule has 0 saturated heterocycles. The molecule has 118 valence electrons. The normalized spacial score (nSPS) is 11.3. The van der Waals surface area contributed by atoms with Gasteiger partial charge in [-0.25, -0.2) is 8.42 Å². The molecule has 0 unspecified atom stereocenters. The van der Waals surface area contributed by atoms with Crippen LogP contribution in [-0.2, 0) is 16.4 Å². The second kappa shape index (κ2) is 6.52. The van der Waals surface area contributed by atoms with Crippen LogP contribution in [0.25, 0.3) is 11.1 Å². The third-order valence-corrected chi connectivity index (χ3v) is 5.41. The van der Waals surface area contributed by atoms with E-state index in [-0.39, 0.29) is 0 Å². The first-order valence-corrected chi connectivity index (χ1v) is 9.81. The van der Waals surface area contributed by atoms with Crippen LogP contribution in [0.4, 0.5) is 5.69 Å². The van der Waals surface area contributed by atoms with E-state index in [1.165, 1.54) is 11.1 Å². The second-order valence-corrected chi connectivity index (χ2v) is 8.24. The van der Waals surface area contributed by atoms with Gasteiger partial charge in [0.05, 0.1) is 10.6 Å². The monoisotopic (exact) mass is 344 g/mol. The summed E-state index contributed by atoms with van der Waals surface area (Å²) >= 11 is 1.71. The van der Waals surface area contributed by atoms with Gasteiger partial charge < -0.3 is 5.32 Å². The summed E-state index contributed by atoms with van der Waals surface area (Å²) in [6.07, 6.45) is 4.76. The van der Waals surface area contributed by atoms with E-state index in [0.29, 0.717) is 4.90 Å². The van der Waals surface area contributed by atoms with Crippen molar-refractivity contribution >= 4 is 26.9 Å². The van der Waals surface area contributed by atoms with E-state index in [1.54, 1.807) is 48.0 Å². The Morgan fingerprint density at radius 2 is 1.87 bits per heavy atom. The van der Waals surface area contributed by atoms with Gasteiger partial charge in [0.1, 0.15) is 0 Å². The lowest BCUT2D eigenvalue weighted by Gasteiger charge is -2.08. The average molecular weight is 344 g/mol. The zero-order chi connectivity index (χ0) is 16.3. The lowest BCUT2D eigenvalue weighted by molar-refractivity contribution is 0.602. The molecule has 0 aliphatic rings. The van der Waals surface area contributed by atoms with Gasteiger partial charge in [-0.15, -0.1) is 11.3 Å². The number of pyridine rings is 1. The van der Waals surface area contributed by atoms with E-state index < -0.39 is 9.84 Å². The van der Waals surface area contributed by atoms with Crippen LogP contribution in [0.1, 0.15) is 4.88 Å². The zero-order valence-electron chi connectivity index (χ0n) is 12.6. The lowest BCUT2D eigenvalue weighted by atomic mass is 10.1. The summed E-state index contributed by atoms with van der Waals surface area (Å²) in [6.45, 7) is 0.760. The summed E-state index contributed by atoms with van der Waals surface area (Å²) in [5, 5.41) is 5.40. The van der Waals surface area contributed by atoms with E-state index in [2.05, 4.69) is 21.7 Å². The van der Waals surface area contributed by atoms with Crippen LogP contribution < -0.4 is 5.32 Å². The Kier molecular flexibility index (Phi) is 4.45. The number of nitrogens with zero attached hydrogens (tertiary/aromatic N) is 1. The van der Waals surface area contributed by atoms with Crippen molar-refractivity contribution in [2.24, 2.45) is 0 Å². The van der Waals surface area contributed by atoms with Crippen molar-refractivity contribution in [3.63, 3.8) is 0 Å². The van der Waals surface area contributed by atoms with E-state index in [0.717, 1.165) is 23.4 Å². The highest BCUT2D eigenvalue weighted by Crippen LogP contribution is 2.23. The van der Waals surface area contributed by atoms with Crippen LogP contribution >= 0.6 is 11.3 Å². The molecule has 2 aromatic heterocycles. The minimum atomic E-state index is -3.17. The Labute approximate surface area is 139 Å². The minimum Gasteiger partial charge on any atom is -0.379 e. The molecule has 0 bridgehead atoms. The molecule has 6 heteroatoms. The molecule has 1 aromatic carbocycles. The van der Waals surface area contributed by atoms with Crippen LogP contribution in [0, 0.1) is 0 Å². The van der Waals surface area contributed by atoms with Gasteiger partial charge in [-0.2, -0.15) is 0 Å². The zero-order valence-corrected chi connectivity index (χ0v) is 14.2. The third kappa shape index (κ3) is 3.97. The maximum absolute atomic E-state index is 11.5. The number of hydrogen-bond acceptors (Lipinski definition) is 5. The van der Waals surface area contributed by atoms with Gasteiger partial charge in [-0.05, 0) is 35.2 Å². The molecule has 0 fully saturated rings. The van der Waals surface area contributed by atoms with Crippen LogP contribution in [0.15, 0.2) is 65.1 Å². The summed E-state index contributed by atoms with van der Waals surface area (Å²) in [4.78, 5) is 5.83. The predicted molar refractivity (Wildman–Crippen MR) is 94.4 cm³/mol. The second-order valence-electron chi connectivity index (χ2n) is 5.19. The molecule has 23 heavy (non-hydrogen) atoms. The first-order chi connectivity index (χ1) is 11.0. The number of rotatable bonds is 5. The van der Waals surface area contributed by atoms with Crippen LogP contribution in [0.5, 0.6) is 0 Å². The molecule has 2 heterocycles. The molecular weight excluding hydrogens is 328 g/mol. The largest absolute Gasteiger partial charge is 0.379 e. The molecule has 0 aliphatic heterocycles. The fourth-order valence-electron chi connectivity index (χ4n) is 2.19.